The molecule has 1 saturated carbocycles. The summed E-state index contributed by atoms with van der Waals surface area (Å²) in [5.41, 5.74) is 0.700. The largest absolute Gasteiger partial charge is 0.481 e. The smallest absolute Gasteiger partial charge is 0.306 e. The van der Waals surface area contributed by atoms with Gasteiger partial charge in [0, 0.05) is 18.0 Å². The molecule has 1 heterocycles. The van der Waals surface area contributed by atoms with Crippen LogP contribution in [0.5, 0.6) is 0 Å². The maximum atomic E-state index is 13.8. The summed E-state index contributed by atoms with van der Waals surface area (Å²) in [6.45, 7) is 0.654. The van der Waals surface area contributed by atoms with Crippen molar-refractivity contribution in [2.75, 3.05) is 0 Å². The summed E-state index contributed by atoms with van der Waals surface area (Å²) in [6, 6.07) is 4.69. The van der Waals surface area contributed by atoms with Crippen LogP contribution < -0.4 is 0 Å². The van der Waals surface area contributed by atoms with Crippen molar-refractivity contribution in [2.24, 2.45) is 11.8 Å². The Morgan fingerprint density at radius 1 is 1.41 bits per heavy atom. The fourth-order valence-corrected chi connectivity index (χ4v) is 3.17. The van der Waals surface area contributed by atoms with Gasteiger partial charge >= 0.3 is 5.97 Å². The molecule has 22 heavy (non-hydrogen) atoms. The Hall–Kier alpha value is -2.42. The van der Waals surface area contributed by atoms with E-state index < -0.39 is 11.8 Å². The first-order chi connectivity index (χ1) is 10.6. The van der Waals surface area contributed by atoms with Gasteiger partial charge in [-0.2, -0.15) is 10.4 Å². The number of rotatable bonds is 3. The predicted octanol–water partition coefficient (Wildman–Crippen LogP) is 2.94. The van der Waals surface area contributed by atoms with Crippen LogP contribution in [0.4, 0.5) is 4.39 Å². The molecule has 1 aliphatic rings. The minimum atomic E-state index is -0.714. The van der Waals surface area contributed by atoms with Gasteiger partial charge in [-0.25, -0.2) is 4.39 Å². The molecule has 0 atom stereocenters. The summed E-state index contributed by atoms with van der Waals surface area (Å²) < 4.78 is 15.5. The molecule has 3 rings (SSSR count). The molecule has 0 bridgehead atoms. The number of nitriles is 1. The third kappa shape index (κ3) is 2.67. The number of hydrogen-bond donors (Lipinski definition) is 1. The highest BCUT2D eigenvalue weighted by Gasteiger charge is 2.26. The van der Waals surface area contributed by atoms with Crippen LogP contribution in [0.25, 0.3) is 10.9 Å². The molecule has 1 fully saturated rings. The first kappa shape index (κ1) is 14.5. The van der Waals surface area contributed by atoms with Crippen molar-refractivity contribution in [1.82, 2.24) is 9.78 Å². The van der Waals surface area contributed by atoms with Crippen molar-refractivity contribution >= 4 is 16.9 Å². The van der Waals surface area contributed by atoms with Crippen molar-refractivity contribution in [1.29, 1.82) is 5.26 Å². The average molecular weight is 301 g/mol. The number of aliphatic carboxylic acids is 1. The number of aromatic nitrogens is 2. The van der Waals surface area contributed by atoms with E-state index in [2.05, 4.69) is 5.10 Å². The van der Waals surface area contributed by atoms with Gasteiger partial charge in [-0.1, -0.05) is 0 Å². The monoisotopic (exact) mass is 301 g/mol. The molecule has 0 unspecified atom stereocenters. The Labute approximate surface area is 127 Å². The number of nitrogens with zero attached hydrogens (tertiary/aromatic N) is 3. The molecule has 0 spiro atoms. The highest BCUT2D eigenvalue weighted by atomic mass is 19.1. The van der Waals surface area contributed by atoms with Gasteiger partial charge in [-0.15, -0.1) is 0 Å². The van der Waals surface area contributed by atoms with E-state index in [-0.39, 0.29) is 11.5 Å². The third-order valence-corrected chi connectivity index (χ3v) is 4.48. The van der Waals surface area contributed by atoms with Crippen molar-refractivity contribution in [2.45, 2.75) is 32.2 Å². The van der Waals surface area contributed by atoms with Crippen molar-refractivity contribution in [3.05, 3.63) is 29.7 Å². The van der Waals surface area contributed by atoms with Crippen LogP contribution in [-0.2, 0) is 11.3 Å². The molecule has 5 nitrogen and oxygen atoms in total. The van der Waals surface area contributed by atoms with Crippen molar-refractivity contribution in [3.8, 4) is 6.07 Å². The van der Waals surface area contributed by atoms with Crippen LogP contribution in [0.1, 0.15) is 31.2 Å². The molecular formula is C16H16FN3O2. The van der Waals surface area contributed by atoms with Gasteiger partial charge in [0.2, 0.25) is 0 Å². The maximum Gasteiger partial charge on any atom is 0.306 e. The summed E-state index contributed by atoms with van der Waals surface area (Å²) in [7, 11) is 0. The molecular weight excluding hydrogens is 285 g/mol. The molecule has 0 aliphatic heterocycles. The number of benzene rings is 1. The zero-order valence-corrected chi connectivity index (χ0v) is 12.0. The zero-order chi connectivity index (χ0) is 15.7. The predicted molar refractivity (Wildman–Crippen MR) is 77.5 cm³/mol. The molecule has 1 aromatic carbocycles. The topological polar surface area (TPSA) is 78.9 Å². The zero-order valence-electron chi connectivity index (χ0n) is 12.0. The second-order valence-electron chi connectivity index (χ2n) is 5.89. The van der Waals surface area contributed by atoms with Crippen LogP contribution >= 0.6 is 0 Å². The van der Waals surface area contributed by atoms with Gasteiger partial charge in [-0.05, 0) is 37.7 Å². The number of carbonyl (C=O) groups is 1. The Morgan fingerprint density at radius 3 is 2.77 bits per heavy atom. The average Bonchev–Trinajstić information content (AvgIpc) is 2.89. The summed E-state index contributed by atoms with van der Waals surface area (Å²) >= 11 is 0. The Morgan fingerprint density at radius 2 is 2.14 bits per heavy atom. The first-order valence-corrected chi connectivity index (χ1v) is 7.36. The van der Waals surface area contributed by atoms with E-state index in [1.807, 2.05) is 6.07 Å². The summed E-state index contributed by atoms with van der Waals surface area (Å²) in [6.07, 6.45) is 4.70. The lowest BCUT2D eigenvalue weighted by atomic mass is 9.82. The van der Waals surface area contributed by atoms with E-state index in [1.165, 1.54) is 12.1 Å². The van der Waals surface area contributed by atoms with Gasteiger partial charge in [0.15, 0.2) is 0 Å². The number of carboxylic acid groups (broad SMARTS) is 1. The van der Waals surface area contributed by atoms with Crippen molar-refractivity contribution in [3.63, 3.8) is 0 Å². The fourth-order valence-electron chi connectivity index (χ4n) is 3.17. The normalized spacial score (nSPS) is 21.6. The minimum Gasteiger partial charge on any atom is -0.481 e. The molecule has 0 saturated heterocycles. The molecule has 2 aromatic rings. The SMILES string of the molecule is N#Cc1cc2cnn(C[C@H]3CC[C@H](C(=O)O)CC3)c2cc1F. The molecule has 0 amide bonds. The number of carboxylic acids is 1. The van der Waals surface area contributed by atoms with E-state index in [4.69, 9.17) is 10.4 Å². The van der Waals surface area contributed by atoms with Crippen LogP contribution in [0.15, 0.2) is 18.3 Å². The van der Waals surface area contributed by atoms with Gasteiger partial charge in [-0.3, -0.25) is 9.48 Å². The second kappa shape index (κ2) is 5.76. The van der Waals surface area contributed by atoms with Crippen LogP contribution in [0.2, 0.25) is 0 Å². The van der Waals surface area contributed by atoms with Gasteiger partial charge in [0.1, 0.15) is 11.9 Å². The van der Waals surface area contributed by atoms with Gasteiger partial charge in [0.25, 0.3) is 0 Å². The maximum absolute atomic E-state index is 13.8. The quantitative estimate of drug-likeness (QED) is 0.945. The molecule has 1 aromatic heterocycles. The molecule has 114 valence electrons. The lowest BCUT2D eigenvalue weighted by Gasteiger charge is -2.26. The van der Waals surface area contributed by atoms with Crippen molar-refractivity contribution < 1.29 is 14.3 Å². The Bertz CT molecular complexity index is 755. The van der Waals surface area contributed by atoms with Crippen LogP contribution in [0.3, 0.4) is 0 Å². The second-order valence-corrected chi connectivity index (χ2v) is 5.89. The number of fused-ring (bicyclic) bond motifs is 1. The van der Waals surface area contributed by atoms with Gasteiger partial charge < -0.3 is 5.11 Å². The van der Waals surface area contributed by atoms with E-state index in [9.17, 15) is 9.18 Å². The van der Waals surface area contributed by atoms with Crippen LogP contribution in [-0.4, -0.2) is 20.9 Å². The first-order valence-electron chi connectivity index (χ1n) is 7.36. The number of halogens is 1. The minimum absolute atomic E-state index is 0.0222. The van der Waals surface area contributed by atoms with E-state index >= 15 is 0 Å². The standard InChI is InChI=1S/C16H16FN3O2/c17-14-6-15-13(5-12(14)7-18)8-19-20(15)9-10-1-3-11(4-2-10)16(21)22/h5-6,8,10-11H,1-4,9H2,(H,21,22)/t10-,11-. The van der Waals surface area contributed by atoms with Gasteiger partial charge in [0.05, 0.1) is 23.2 Å². The van der Waals surface area contributed by atoms with Crippen LogP contribution in [0, 0.1) is 29.0 Å². The fraction of sp³-hybridized carbons (Fsp3) is 0.438. The summed E-state index contributed by atoms with van der Waals surface area (Å²) in [4.78, 5) is 11.0. The lowest BCUT2D eigenvalue weighted by Crippen LogP contribution is -2.24. The lowest BCUT2D eigenvalue weighted by molar-refractivity contribution is -0.143. The van der Waals surface area contributed by atoms with E-state index in [1.54, 1.807) is 10.9 Å². The Balaban J connectivity index is 1.77. The highest BCUT2D eigenvalue weighted by Crippen LogP contribution is 2.30. The molecule has 1 N–H and O–H groups in total. The Kier molecular flexibility index (Phi) is 3.80. The van der Waals surface area contributed by atoms with E-state index in [0.717, 1.165) is 18.2 Å². The summed E-state index contributed by atoms with van der Waals surface area (Å²) in [5, 5.41) is 22.9. The number of hydrogen-bond acceptors (Lipinski definition) is 3. The molecule has 0 radical (unpaired) electrons. The molecule has 1 aliphatic carbocycles. The van der Waals surface area contributed by atoms with E-state index in [0.29, 0.717) is 30.8 Å². The molecule has 6 heteroatoms. The highest BCUT2D eigenvalue weighted by molar-refractivity contribution is 5.80. The third-order valence-electron chi connectivity index (χ3n) is 4.48. The summed E-state index contributed by atoms with van der Waals surface area (Å²) in [5.74, 6) is -1.13.